The van der Waals surface area contributed by atoms with E-state index < -0.39 is 0 Å². The second-order valence-corrected chi connectivity index (χ2v) is 3.36. The Morgan fingerprint density at radius 2 is 1.64 bits per heavy atom. The molecule has 14 heavy (non-hydrogen) atoms. The summed E-state index contributed by atoms with van der Waals surface area (Å²) in [6, 6.07) is 0.435. The predicted molar refractivity (Wildman–Crippen MR) is 60.3 cm³/mol. The zero-order chi connectivity index (χ0) is 11.4. The lowest BCUT2D eigenvalue weighted by Crippen LogP contribution is -2.27. The second kappa shape index (κ2) is 12.4. The molecule has 0 saturated heterocycles. The summed E-state index contributed by atoms with van der Waals surface area (Å²) in [4.78, 5) is 8.36. The van der Waals surface area contributed by atoms with Crippen molar-refractivity contribution in [2.75, 3.05) is 0 Å². The van der Waals surface area contributed by atoms with Gasteiger partial charge in [0.15, 0.2) is 0 Å². The number of hydrogen-bond donors (Lipinski definition) is 2. The molecule has 1 aliphatic rings. The van der Waals surface area contributed by atoms with E-state index >= 15 is 0 Å². The van der Waals surface area contributed by atoms with Gasteiger partial charge in [-0.05, 0) is 25.7 Å². The Labute approximate surface area is 87.7 Å². The molecule has 1 saturated carbocycles. The van der Waals surface area contributed by atoms with Crippen molar-refractivity contribution < 1.29 is 9.90 Å². The molecule has 0 aliphatic heterocycles. The fourth-order valence-corrected chi connectivity index (χ4v) is 1.66. The lowest BCUT2D eigenvalue weighted by molar-refractivity contribution is -0.122. The van der Waals surface area contributed by atoms with Crippen LogP contribution in [0.25, 0.3) is 0 Å². The van der Waals surface area contributed by atoms with Gasteiger partial charge in [-0.25, -0.2) is 0 Å². The van der Waals surface area contributed by atoms with Gasteiger partial charge in [0.25, 0.3) is 6.47 Å². The first-order valence-electron chi connectivity index (χ1n) is 5.55. The van der Waals surface area contributed by atoms with Gasteiger partial charge in [0.2, 0.25) is 0 Å². The van der Waals surface area contributed by atoms with Crippen LogP contribution in [0.3, 0.4) is 0 Å². The molecule has 86 valence electrons. The molecule has 3 nitrogen and oxygen atoms in total. The third-order valence-corrected chi connectivity index (χ3v) is 2.39. The Kier molecular flexibility index (Phi) is 14.1. The highest BCUT2D eigenvalue weighted by Gasteiger charge is 2.16. The van der Waals surface area contributed by atoms with Gasteiger partial charge in [-0.15, -0.1) is 0 Å². The Hall–Kier alpha value is -0.570. The molecule has 1 fully saturated rings. The molecule has 0 bridgehead atoms. The molecule has 3 heteroatoms. The molecule has 1 aliphatic carbocycles. The van der Waals surface area contributed by atoms with Gasteiger partial charge in [0, 0.05) is 6.04 Å². The maximum absolute atomic E-state index is 8.36. The monoisotopic (exact) mass is 203 g/mol. The first kappa shape index (κ1) is 15.9. The van der Waals surface area contributed by atoms with E-state index in [-0.39, 0.29) is 6.47 Å². The quantitative estimate of drug-likeness (QED) is 0.644. The minimum absolute atomic E-state index is 0.250. The molecule has 0 amide bonds. The predicted octanol–water partition coefficient (Wildman–Crippen LogP) is 2.64. The molecule has 3 N–H and O–H groups in total. The molecule has 0 radical (unpaired) electrons. The van der Waals surface area contributed by atoms with Crippen molar-refractivity contribution in [2.45, 2.75) is 58.9 Å². The van der Waals surface area contributed by atoms with E-state index in [1.54, 1.807) is 0 Å². The van der Waals surface area contributed by atoms with Crippen molar-refractivity contribution in [2.24, 2.45) is 11.7 Å². The zero-order valence-electron chi connectivity index (χ0n) is 9.70. The van der Waals surface area contributed by atoms with Crippen LogP contribution in [0.4, 0.5) is 0 Å². The summed E-state index contributed by atoms with van der Waals surface area (Å²) in [5, 5.41) is 6.89. The average molecular weight is 203 g/mol. The van der Waals surface area contributed by atoms with Crippen molar-refractivity contribution in [3.63, 3.8) is 0 Å². The van der Waals surface area contributed by atoms with Crippen molar-refractivity contribution in [1.82, 2.24) is 0 Å². The van der Waals surface area contributed by atoms with Crippen LogP contribution in [0, 0.1) is 5.92 Å². The number of carbonyl (C=O) groups is 1. The lowest BCUT2D eigenvalue weighted by atomic mass is 9.85. The molecule has 0 aromatic heterocycles. The van der Waals surface area contributed by atoms with E-state index in [1.807, 2.05) is 13.8 Å². The largest absolute Gasteiger partial charge is 0.483 e. The summed E-state index contributed by atoms with van der Waals surface area (Å²) >= 11 is 0. The highest BCUT2D eigenvalue weighted by atomic mass is 16.3. The Morgan fingerprint density at radius 1 is 1.29 bits per heavy atom. The third-order valence-electron chi connectivity index (χ3n) is 2.39. The topological polar surface area (TPSA) is 63.3 Å². The summed E-state index contributed by atoms with van der Waals surface area (Å²) in [6.07, 6.45) is 7.00. The van der Waals surface area contributed by atoms with Gasteiger partial charge in [-0.1, -0.05) is 33.1 Å². The van der Waals surface area contributed by atoms with Crippen LogP contribution < -0.4 is 5.73 Å². The van der Waals surface area contributed by atoms with E-state index in [9.17, 15) is 0 Å². The van der Waals surface area contributed by atoms with E-state index in [0.29, 0.717) is 6.04 Å². The van der Waals surface area contributed by atoms with Gasteiger partial charge >= 0.3 is 0 Å². The molecular weight excluding hydrogens is 178 g/mol. The number of carboxylic acid groups (broad SMARTS) is 1. The minimum atomic E-state index is -0.250. The molecule has 0 aromatic rings. The molecule has 1 atom stereocenters. The number of hydrogen-bond acceptors (Lipinski definition) is 2. The van der Waals surface area contributed by atoms with Crippen LogP contribution in [-0.4, -0.2) is 17.6 Å². The van der Waals surface area contributed by atoms with Gasteiger partial charge < -0.3 is 10.8 Å². The maximum Gasteiger partial charge on any atom is 0.290 e. The Balaban J connectivity index is 0. The molecule has 0 aromatic carbocycles. The molecule has 1 unspecified atom stereocenters. The van der Waals surface area contributed by atoms with E-state index in [0.717, 1.165) is 5.92 Å². The van der Waals surface area contributed by atoms with Crippen LogP contribution in [0.5, 0.6) is 0 Å². The SMILES string of the molecule is CC.CC(N)C1CCCCC1.O=CO. The first-order valence-corrected chi connectivity index (χ1v) is 5.55. The standard InChI is InChI=1S/C8H17N.C2H6.CH2O2/c1-7(9)8-5-3-2-4-6-8;1-2;2-1-3/h7-8H,2-6,9H2,1H3;1-2H3;1H,(H,2,3). The van der Waals surface area contributed by atoms with Crippen molar-refractivity contribution in [3.05, 3.63) is 0 Å². The Bertz CT molecular complexity index is 110. The number of rotatable bonds is 1. The van der Waals surface area contributed by atoms with Gasteiger partial charge in [0.1, 0.15) is 0 Å². The summed E-state index contributed by atoms with van der Waals surface area (Å²) in [5.74, 6) is 0.832. The van der Waals surface area contributed by atoms with Crippen molar-refractivity contribution in [1.29, 1.82) is 0 Å². The summed E-state index contributed by atoms with van der Waals surface area (Å²) in [7, 11) is 0. The fraction of sp³-hybridized carbons (Fsp3) is 0.909. The first-order chi connectivity index (χ1) is 6.72. The molecule has 0 spiro atoms. The van der Waals surface area contributed by atoms with Gasteiger partial charge in [0.05, 0.1) is 0 Å². The smallest absolute Gasteiger partial charge is 0.290 e. The zero-order valence-corrected chi connectivity index (χ0v) is 9.70. The maximum atomic E-state index is 8.36. The fourth-order valence-electron chi connectivity index (χ4n) is 1.66. The third kappa shape index (κ3) is 9.52. The van der Waals surface area contributed by atoms with Crippen LogP contribution >= 0.6 is 0 Å². The number of nitrogens with two attached hydrogens (primary N) is 1. The van der Waals surface area contributed by atoms with E-state index in [2.05, 4.69) is 6.92 Å². The van der Waals surface area contributed by atoms with Gasteiger partial charge in [-0.2, -0.15) is 0 Å². The molecular formula is C11H25NO2. The normalized spacial score (nSPS) is 18.0. The molecule has 0 heterocycles. The molecule has 1 rings (SSSR count). The summed E-state index contributed by atoms with van der Waals surface area (Å²) < 4.78 is 0. The van der Waals surface area contributed by atoms with Crippen molar-refractivity contribution >= 4 is 6.47 Å². The second-order valence-electron chi connectivity index (χ2n) is 3.36. The van der Waals surface area contributed by atoms with Crippen LogP contribution in [0.15, 0.2) is 0 Å². The minimum Gasteiger partial charge on any atom is -0.483 e. The summed E-state index contributed by atoms with van der Waals surface area (Å²) in [6.45, 7) is 5.88. The highest BCUT2D eigenvalue weighted by Crippen LogP contribution is 2.25. The lowest BCUT2D eigenvalue weighted by Gasteiger charge is -2.24. The van der Waals surface area contributed by atoms with Crippen molar-refractivity contribution in [3.8, 4) is 0 Å². The average Bonchev–Trinajstić information content (AvgIpc) is 2.23. The van der Waals surface area contributed by atoms with Crippen LogP contribution in [-0.2, 0) is 4.79 Å². The van der Waals surface area contributed by atoms with Crippen LogP contribution in [0.1, 0.15) is 52.9 Å². The van der Waals surface area contributed by atoms with E-state index in [4.69, 9.17) is 15.6 Å². The highest BCUT2D eigenvalue weighted by molar-refractivity contribution is 5.32. The Morgan fingerprint density at radius 3 is 1.86 bits per heavy atom. The van der Waals surface area contributed by atoms with Gasteiger partial charge in [-0.3, -0.25) is 4.79 Å². The van der Waals surface area contributed by atoms with Crippen LogP contribution in [0.2, 0.25) is 0 Å². The summed E-state index contributed by atoms with van der Waals surface area (Å²) in [5.41, 5.74) is 5.77. The van der Waals surface area contributed by atoms with E-state index in [1.165, 1.54) is 32.1 Å².